The summed E-state index contributed by atoms with van der Waals surface area (Å²) in [5, 5.41) is 13.1. The molecule has 18 heavy (non-hydrogen) atoms. The fourth-order valence-electron chi connectivity index (χ4n) is 1.68. The van der Waals surface area contributed by atoms with Crippen LogP contribution < -0.4 is 5.32 Å². The second kappa shape index (κ2) is 6.72. The van der Waals surface area contributed by atoms with Gasteiger partial charge in [-0.15, -0.1) is 0 Å². The Balaban J connectivity index is 2.53. The number of thioether (sulfide) groups is 1. The summed E-state index contributed by atoms with van der Waals surface area (Å²) < 4.78 is 0. The molecule has 0 spiro atoms. The van der Waals surface area contributed by atoms with Crippen LogP contribution in [0.4, 0.5) is 0 Å². The third-order valence-corrected chi connectivity index (χ3v) is 3.46. The molecule has 1 N–H and O–H groups in total. The molecule has 1 rings (SSSR count). The van der Waals surface area contributed by atoms with Crippen LogP contribution in [0, 0.1) is 25.2 Å². The van der Waals surface area contributed by atoms with Crippen LogP contribution in [0.1, 0.15) is 31.7 Å². The number of nitriles is 1. The summed E-state index contributed by atoms with van der Waals surface area (Å²) in [5.74, 6) is 0.833. The molecule has 1 aromatic heterocycles. The fourth-order valence-corrected chi connectivity index (χ4v) is 2.79. The molecule has 1 aromatic rings. The van der Waals surface area contributed by atoms with Gasteiger partial charge in [-0.1, -0.05) is 18.7 Å². The van der Waals surface area contributed by atoms with Gasteiger partial charge >= 0.3 is 0 Å². The van der Waals surface area contributed by atoms with E-state index in [0.717, 1.165) is 35.3 Å². The van der Waals surface area contributed by atoms with Gasteiger partial charge in [-0.05, 0) is 39.8 Å². The van der Waals surface area contributed by atoms with Crippen LogP contribution in [0.25, 0.3) is 0 Å². The molecule has 98 valence electrons. The summed E-state index contributed by atoms with van der Waals surface area (Å²) in [6, 6.07) is 4.28. The molecule has 5 heteroatoms. The maximum absolute atomic E-state index is 9.15. The Kier molecular flexibility index (Phi) is 5.57. The Labute approximate surface area is 113 Å². The van der Waals surface area contributed by atoms with Gasteiger partial charge in [-0.25, -0.2) is 9.97 Å². The van der Waals surface area contributed by atoms with E-state index in [1.807, 2.05) is 33.8 Å². The van der Waals surface area contributed by atoms with Gasteiger partial charge < -0.3 is 0 Å². The van der Waals surface area contributed by atoms with Crippen molar-refractivity contribution in [2.24, 2.45) is 0 Å². The molecule has 0 fully saturated rings. The monoisotopic (exact) mass is 264 g/mol. The van der Waals surface area contributed by atoms with E-state index in [1.54, 1.807) is 11.8 Å². The number of nitrogens with one attached hydrogen (secondary N) is 1. The van der Waals surface area contributed by atoms with Gasteiger partial charge in [0.25, 0.3) is 0 Å². The first kappa shape index (κ1) is 14.9. The Morgan fingerprint density at radius 3 is 2.50 bits per heavy atom. The summed E-state index contributed by atoms with van der Waals surface area (Å²) in [6.45, 7) is 8.68. The van der Waals surface area contributed by atoms with Gasteiger partial charge in [-0.2, -0.15) is 5.26 Å². The van der Waals surface area contributed by atoms with Crippen LogP contribution in [0.2, 0.25) is 0 Å². The molecule has 0 saturated carbocycles. The minimum atomic E-state index is -0.458. The Morgan fingerprint density at radius 1 is 1.39 bits per heavy atom. The van der Waals surface area contributed by atoms with Crippen molar-refractivity contribution in [1.82, 2.24) is 15.3 Å². The highest BCUT2D eigenvalue weighted by Gasteiger charge is 2.21. The predicted octanol–water partition coefficient (Wildman–Crippen LogP) is 2.47. The van der Waals surface area contributed by atoms with Gasteiger partial charge in [0.05, 0.1) is 6.07 Å². The molecule has 0 radical (unpaired) electrons. The van der Waals surface area contributed by atoms with E-state index in [0.29, 0.717) is 0 Å². The standard InChI is InChI=1S/C13H20N4S/c1-5-15-13(4,9-14)6-7-18-12-16-10(2)8-11(3)17-12/h8,15H,5-7H2,1-4H3. The Bertz CT molecular complexity index is 421. The normalized spacial score (nSPS) is 13.9. The van der Waals surface area contributed by atoms with Crippen molar-refractivity contribution >= 4 is 11.8 Å². The fraction of sp³-hybridized carbons (Fsp3) is 0.615. The quantitative estimate of drug-likeness (QED) is 0.631. The first-order chi connectivity index (χ1) is 8.49. The second-order valence-corrected chi connectivity index (χ2v) is 5.57. The topological polar surface area (TPSA) is 61.6 Å². The smallest absolute Gasteiger partial charge is 0.187 e. The highest BCUT2D eigenvalue weighted by atomic mass is 32.2. The number of aromatic nitrogens is 2. The molecular formula is C13H20N4S. The van der Waals surface area contributed by atoms with Crippen molar-refractivity contribution in [2.75, 3.05) is 12.3 Å². The van der Waals surface area contributed by atoms with Gasteiger partial charge in [0, 0.05) is 17.1 Å². The lowest BCUT2D eigenvalue weighted by molar-refractivity contribution is 0.450. The molecular weight excluding hydrogens is 244 g/mol. The lowest BCUT2D eigenvalue weighted by Gasteiger charge is -2.21. The summed E-state index contributed by atoms with van der Waals surface area (Å²) in [6.07, 6.45) is 0.776. The summed E-state index contributed by atoms with van der Waals surface area (Å²) in [7, 11) is 0. The Morgan fingerprint density at radius 2 is 2.00 bits per heavy atom. The highest BCUT2D eigenvalue weighted by Crippen LogP contribution is 2.19. The predicted molar refractivity (Wildman–Crippen MR) is 74.5 cm³/mol. The molecule has 1 atom stereocenters. The zero-order valence-corrected chi connectivity index (χ0v) is 12.3. The van der Waals surface area contributed by atoms with Crippen molar-refractivity contribution in [2.45, 2.75) is 44.8 Å². The van der Waals surface area contributed by atoms with Crippen LogP contribution in [0.3, 0.4) is 0 Å². The van der Waals surface area contributed by atoms with Gasteiger partial charge in [0.1, 0.15) is 5.54 Å². The summed E-state index contributed by atoms with van der Waals surface area (Å²) >= 11 is 1.60. The molecule has 0 aliphatic carbocycles. The van der Waals surface area contributed by atoms with Crippen LogP contribution in [0.15, 0.2) is 11.2 Å². The number of rotatable bonds is 6. The van der Waals surface area contributed by atoms with E-state index in [9.17, 15) is 0 Å². The largest absolute Gasteiger partial charge is 0.300 e. The maximum atomic E-state index is 9.15. The van der Waals surface area contributed by atoms with Crippen molar-refractivity contribution in [1.29, 1.82) is 5.26 Å². The molecule has 0 saturated heterocycles. The van der Waals surface area contributed by atoms with E-state index in [2.05, 4.69) is 21.4 Å². The van der Waals surface area contributed by atoms with E-state index in [4.69, 9.17) is 5.26 Å². The van der Waals surface area contributed by atoms with E-state index >= 15 is 0 Å². The van der Waals surface area contributed by atoms with Crippen molar-refractivity contribution in [3.63, 3.8) is 0 Å². The maximum Gasteiger partial charge on any atom is 0.187 e. The first-order valence-corrected chi connectivity index (χ1v) is 7.09. The van der Waals surface area contributed by atoms with Crippen LogP contribution >= 0.6 is 11.8 Å². The number of nitrogens with zero attached hydrogens (tertiary/aromatic N) is 3. The third-order valence-electron chi connectivity index (χ3n) is 2.61. The number of hydrogen-bond acceptors (Lipinski definition) is 5. The molecule has 0 aromatic carbocycles. The van der Waals surface area contributed by atoms with E-state index in [-0.39, 0.29) is 0 Å². The summed E-state index contributed by atoms with van der Waals surface area (Å²) in [4.78, 5) is 8.75. The van der Waals surface area contributed by atoms with Gasteiger partial charge in [0.15, 0.2) is 5.16 Å². The second-order valence-electron chi connectivity index (χ2n) is 4.51. The molecule has 1 heterocycles. The Hall–Kier alpha value is -1.12. The molecule has 0 amide bonds. The minimum absolute atomic E-state index is 0.458. The zero-order chi connectivity index (χ0) is 13.6. The SMILES string of the molecule is CCNC(C)(C#N)CCSc1nc(C)cc(C)n1. The molecule has 4 nitrogen and oxygen atoms in total. The lowest BCUT2D eigenvalue weighted by Crippen LogP contribution is -2.41. The molecule has 0 bridgehead atoms. The van der Waals surface area contributed by atoms with E-state index in [1.165, 1.54) is 0 Å². The van der Waals surface area contributed by atoms with Crippen LogP contribution in [-0.4, -0.2) is 27.8 Å². The highest BCUT2D eigenvalue weighted by molar-refractivity contribution is 7.99. The molecule has 1 unspecified atom stereocenters. The number of hydrogen-bond donors (Lipinski definition) is 1. The average Bonchev–Trinajstić information content (AvgIpc) is 2.28. The van der Waals surface area contributed by atoms with E-state index < -0.39 is 5.54 Å². The van der Waals surface area contributed by atoms with Crippen molar-refractivity contribution in [3.8, 4) is 6.07 Å². The molecule has 0 aliphatic heterocycles. The minimum Gasteiger partial charge on any atom is -0.300 e. The first-order valence-electron chi connectivity index (χ1n) is 6.10. The van der Waals surface area contributed by atoms with Crippen molar-refractivity contribution < 1.29 is 0 Å². The zero-order valence-electron chi connectivity index (χ0n) is 11.4. The summed E-state index contributed by atoms with van der Waals surface area (Å²) in [5.41, 5.74) is 1.51. The van der Waals surface area contributed by atoms with Crippen LogP contribution in [0.5, 0.6) is 0 Å². The average molecular weight is 264 g/mol. The van der Waals surface area contributed by atoms with Crippen molar-refractivity contribution in [3.05, 3.63) is 17.5 Å². The molecule has 0 aliphatic rings. The lowest BCUT2D eigenvalue weighted by atomic mass is 10.0. The van der Waals surface area contributed by atoms with Gasteiger partial charge in [-0.3, -0.25) is 5.32 Å². The third kappa shape index (κ3) is 4.63. The number of aryl methyl sites for hydroxylation is 2. The van der Waals surface area contributed by atoms with Crippen LogP contribution in [-0.2, 0) is 0 Å². The van der Waals surface area contributed by atoms with Gasteiger partial charge in [0.2, 0.25) is 0 Å².